The molecule has 2 aromatic rings. The number of aliphatic hydroxyl groups is 1. The first kappa shape index (κ1) is 28.4. The first-order valence-corrected chi connectivity index (χ1v) is 14.9. The van der Waals surface area contributed by atoms with Gasteiger partial charge < -0.3 is 19.8 Å². The number of amides is 3. The Hall–Kier alpha value is -3.18. The van der Waals surface area contributed by atoms with Crippen molar-refractivity contribution in [2.75, 3.05) is 33.3 Å². The lowest BCUT2D eigenvalue weighted by molar-refractivity contribution is -0.144. The van der Waals surface area contributed by atoms with Crippen molar-refractivity contribution in [2.45, 2.75) is 54.8 Å². The van der Waals surface area contributed by atoms with E-state index >= 15 is 0 Å². The fourth-order valence-corrected chi connectivity index (χ4v) is 9.00. The van der Waals surface area contributed by atoms with Gasteiger partial charge in [0.25, 0.3) is 0 Å². The number of aromatic nitrogens is 3. The van der Waals surface area contributed by atoms with E-state index in [0.717, 1.165) is 23.9 Å². The Balaban J connectivity index is 1.49. The molecule has 3 saturated heterocycles. The summed E-state index contributed by atoms with van der Waals surface area (Å²) < 4.78 is 1.04. The van der Waals surface area contributed by atoms with E-state index in [1.807, 2.05) is 24.3 Å². The maximum absolute atomic E-state index is 14.5. The minimum atomic E-state index is -0.689. The van der Waals surface area contributed by atoms with Crippen LogP contribution in [0.1, 0.15) is 32.1 Å². The van der Waals surface area contributed by atoms with Crippen molar-refractivity contribution in [3.05, 3.63) is 49.6 Å². The zero-order chi connectivity index (χ0) is 28.4. The number of rotatable bonds is 13. The molecule has 1 N–H and O–H groups in total. The average molecular weight is 567 g/mol. The first-order chi connectivity index (χ1) is 19.4. The summed E-state index contributed by atoms with van der Waals surface area (Å²) in [7, 11) is 1.75. The van der Waals surface area contributed by atoms with Crippen molar-refractivity contribution in [2.24, 2.45) is 11.8 Å². The Morgan fingerprint density at radius 1 is 1.18 bits per heavy atom. The highest BCUT2D eigenvalue weighted by molar-refractivity contribution is 8.02. The molecular formula is C29H38N6O4S. The van der Waals surface area contributed by atoms with Gasteiger partial charge in [-0.1, -0.05) is 29.5 Å². The molecule has 1 spiro atoms. The van der Waals surface area contributed by atoms with Crippen LogP contribution in [0.5, 0.6) is 0 Å². The Morgan fingerprint density at radius 2 is 1.95 bits per heavy atom. The Labute approximate surface area is 239 Å². The normalized spacial score (nSPS) is 26.8. The van der Waals surface area contributed by atoms with Crippen molar-refractivity contribution in [1.82, 2.24) is 29.7 Å². The average Bonchev–Trinajstić information content (AvgIpc) is 3.70. The van der Waals surface area contributed by atoms with Gasteiger partial charge in [0.15, 0.2) is 0 Å². The molecule has 3 amide bonds. The molecule has 3 aliphatic rings. The van der Waals surface area contributed by atoms with E-state index in [2.05, 4.69) is 23.5 Å². The van der Waals surface area contributed by atoms with Crippen LogP contribution in [-0.2, 0) is 21.1 Å². The van der Waals surface area contributed by atoms with Crippen molar-refractivity contribution in [3.63, 3.8) is 0 Å². The number of hydrogen-bond donors (Lipinski definition) is 1. The fraction of sp³-hybridized carbons (Fsp3) is 0.552. The molecule has 2 bridgehead atoms. The maximum Gasteiger partial charge on any atom is 0.248 e. The lowest BCUT2D eigenvalue weighted by Crippen LogP contribution is -2.55. The highest BCUT2D eigenvalue weighted by Gasteiger charge is 2.73. The molecule has 1 aromatic heterocycles. The molecule has 0 aliphatic carbocycles. The van der Waals surface area contributed by atoms with Crippen LogP contribution >= 0.6 is 11.8 Å². The molecule has 3 aliphatic heterocycles. The molecule has 0 saturated carbocycles. The molecule has 0 radical (unpaired) electrons. The Morgan fingerprint density at radius 3 is 2.70 bits per heavy atom. The van der Waals surface area contributed by atoms with E-state index in [-0.39, 0.29) is 42.8 Å². The summed E-state index contributed by atoms with van der Waals surface area (Å²) in [5.74, 6) is -1.31. The van der Waals surface area contributed by atoms with Gasteiger partial charge in [-0.2, -0.15) is 0 Å². The van der Waals surface area contributed by atoms with Crippen molar-refractivity contribution in [1.29, 1.82) is 0 Å². The Kier molecular flexibility index (Phi) is 8.32. The number of hydrogen-bond acceptors (Lipinski definition) is 7. The number of nitrogens with zero attached hydrogens (tertiary/aromatic N) is 6. The number of thioether (sulfide) groups is 1. The smallest absolute Gasteiger partial charge is 0.248 e. The lowest BCUT2D eigenvalue weighted by atomic mass is 9.70. The zero-order valence-electron chi connectivity index (χ0n) is 23.0. The summed E-state index contributed by atoms with van der Waals surface area (Å²) in [5, 5.41) is 17.8. The lowest BCUT2D eigenvalue weighted by Gasteiger charge is -2.37. The van der Waals surface area contributed by atoms with Crippen molar-refractivity contribution in [3.8, 4) is 0 Å². The van der Waals surface area contributed by atoms with Crippen LogP contribution in [-0.4, -0.2) is 102 Å². The van der Waals surface area contributed by atoms with E-state index in [1.165, 1.54) is 0 Å². The SMILES string of the molecule is C=CCN(C)C(=O)[C@@H]1[C@H]2C(=O)N(CCCCCO)C(C(=O)N(CC=C)Cn3nnc4ccccc43)C23CC[C@H]1S3. The van der Waals surface area contributed by atoms with E-state index in [4.69, 9.17) is 0 Å². The van der Waals surface area contributed by atoms with Crippen molar-refractivity contribution >= 4 is 40.5 Å². The predicted molar refractivity (Wildman–Crippen MR) is 154 cm³/mol. The van der Waals surface area contributed by atoms with Crippen LogP contribution in [0.2, 0.25) is 0 Å². The number of unbranched alkanes of at least 4 members (excludes halogenated alkanes) is 2. The van der Waals surface area contributed by atoms with Gasteiger partial charge in [-0.15, -0.1) is 30.0 Å². The van der Waals surface area contributed by atoms with E-state index in [0.29, 0.717) is 32.4 Å². The number of likely N-dealkylation sites (tertiary alicyclic amines) is 1. The third kappa shape index (κ3) is 4.72. The van der Waals surface area contributed by atoms with Crippen LogP contribution in [0, 0.1) is 11.8 Å². The topological polar surface area (TPSA) is 112 Å². The van der Waals surface area contributed by atoms with Gasteiger partial charge in [-0.3, -0.25) is 14.4 Å². The molecular weight excluding hydrogens is 528 g/mol. The summed E-state index contributed by atoms with van der Waals surface area (Å²) in [6, 6.07) is 6.90. The quantitative estimate of drug-likeness (QED) is 0.293. The molecule has 40 heavy (non-hydrogen) atoms. The highest BCUT2D eigenvalue weighted by atomic mass is 32.2. The van der Waals surface area contributed by atoms with Gasteiger partial charge in [-0.25, -0.2) is 4.68 Å². The molecule has 4 heterocycles. The highest BCUT2D eigenvalue weighted by Crippen LogP contribution is 2.66. The number of aliphatic hydroxyl groups excluding tert-OH is 1. The van der Waals surface area contributed by atoms with Gasteiger partial charge in [-0.05, 0) is 44.2 Å². The van der Waals surface area contributed by atoms with Crippen LogP contribution < -0.4 is 0 Å². The summed E-state index contributed by atoms with van der Waals surface area (Å²) in [6.07, 6.45) is 6.95. The number of benzene rings is 1. The third-order valence-electron chi connectivity index (χ3n) is 8.54. The molecule has 1 aromatic carbocycles. The van der Waals surface area contributed by atoms with Crippen molar-refractivity contribution < 1.29 is 19.5 Å². The van der Waals surface area contributed by atoms with Gasteiger partial charge in [0.1, 0.15) is 18.2 Å². The van der Waals surface area contributed by atoms with E-state index in [9.17, 15) is 19.5 Å². The molecule has 2 unspecified atom stereocenters. The molecule has 5 atom stereocenters. The molecule has 10 nitrogen and oxygen atoms in total. The van der Waals surface area contributed by atoms with Crippen LogP contribution in [0.15, 0.2) is 49.6 Å². The van der Waals surface area contributed by atoms with E-state index < -0.39 is 22.6 Å². The van der Waals surface area contributed by atoms with Crippen LogP contribution in [0.4, 0.5) is 0 Å². The van der Waals surface area contributed by atoms with Gasteiger partial charge in [0, 0.05) is 38.5 Å². The second-order valence-corrected chi connectivity index (χ2v) is 12.5. The molecule has 5 rings (SSSR count). The van der Waals surface area contributed by atoms with Gasteiger partial charge in [0.05, 0.1) is 22.1 Å². The van der Waals surface area contributed by atoms with E-state index in [1.54, 1.807) is 50.3 Å². The fourth-order valence-electron chi connectivity index (χ4n) is 6.79. The standard InChI is InChI=1S/C29H38N6O4S/c1-4-15-32(3)26(37)23-22-13-14-29(40-22)24(23)27(38)34(17-9-6-10-18-36)25(29)28(39)33(16-5-2)19-35-21-12-8-7-11-20(21)30-31-35/h4-5,7-8,11-12,22-25,36H,1-2,6,9-10,13-19H2,3H3/t22-,23+,24+,25?,29?/m1/s1. The second kappa shape index (κ2) is 11.7. The first-order valence-electron chi connectivity index (χ1n) is 14.0. The number of para-hydroxylation sites is 1. The summed E-state index contributed by atoms with van der Waals surface area (Å²) in [6.45, 7) is 9.01. The summed E-state index contributed by atoms with van der Waals surface area (Å²) in [4.78, 5) is 47.4. The largest absolute Gasteiger partial charge is 0.396 e. The molecule has 214 valence electrons. The van der Waals surface area contributed by atoms with Gasteiger partial charge >= 0.3 is 0 Å². The summed E-state index contributed by atoms with van der Waals surface area (Å²) in [5.41, 5.74) is 1.56. The molecule has 3 fully saturated rings. The number of carbonyl (C=O) groups is 3. The number of likely N-dealkylation sites (N-methyl/N-ethyl adjacent to an activating group) is 1. The minimum Gasteiger partial charge on any atom is -0.396 e. The van der Waals surface area contributed by atoms with Crippen LogP contribution in [0.25, 0.3) is 11.0 Å². The predicted octanol–water partition coefficient (Wildman–Crippen LogP) is 2.30. The number of fused-ring (bicyclic) bond motifs is 2. The zero-order valence-corrected chi connectivity index (χ0v) is 23.8. The second-order valence-electron chi connectivity index (χ2n) is 10.9. The van der Waals surface area contributed by atoms with Gasteiger partial charge in [0.2, 0.25) is 17.7 Å². The minimum absolute atomic E-state index is 0.00710. The number of carbonyl (C=O) groups excluding carboxylic acids is 3. The van der Waals surface area contributed by atoms with Crippen LogP contribution in [0.3, 0.4) is 0 Å². The molecule has 11 heteroatoms. The maximum atomic E-state index is 14.5. The monoisotopic (exact) mass is 566 g/mol. The summed E-state index contributed by atoms with van der Waals surface area (Å²) >= 11 is 1.67. The Bertz CT molecular complexity index is 1300. The third-order valence-corrected chi connectivity index (χ3v) is 10.5.